The van der Waals surface area contributed by atoms with Gasteiger partial charge in [-0.2, -0.15) is 0 Å². The number of rotatable bonds is 6. The molecule has 2 rings (SSSR count). The van der Waals surface area contributed by atoms with Gasteiger partial charge in [-0.3, -0.25) is 0 Å². The van der Waals surface area contributed by atoms with Gasteiger partial charge in [0.05, 0.1) is 7.11 Å². The summed E-state index contributed by atoms with van der Waals surface area (Å²) in [4.78, 5) is 6.54. The maximum absolute atomic E-state index is 5.19. The van der Waals surface area contributed by atoms with E-state index in [1.807, 2.05) is 37.5 Å². The average Bonchev–Trinajstić information content (AvgIpc) is 2.54. The standard InChI is InChI=1S/C17H23N3O/c1-5-18-13(2)14-10-11-19-17(12-14)20(3)15-6-8-16(21-4)9-7-15/h6-13,18H,5H2,1-4H3. The summed E-state index contributed by atoms with van der Waals surface area (Å²) in [7, 11) is 3.69. The molecule has 1 aromatic heterocycles. The molecule has 1 unspecified atom stereocenters. The minimum Gasteiger partial charge on any atom is -0.497 e. The van der Waals surface area contributed by atoms with Crippen molar-refractivity contribution >= 4 is 11.5 Å². The lowest BCUT2D eigenvalue weighted by molar-refractivity contribution is 0.415. The highest BCUT2D eigenvalue weighted by atomic mass is 16.5. The van der Waals surface area contributed by atoms with E-state index in [9.17, 15) is 0 Å². The van der Waals surface area contributed by atoms with Crippen molar-refractivity contribution in [3.05, 3.63) is 48.2 Å². The van der Waals surface area contributed by atoms with Gasteiger partial charge in [0.25, 0.3) is 0 Å². The van der Waals surface area contributed by atoms with Crippen LogP contribution in [0.15, 0.2) is 42.6 Å². The molecule has 0 saturated heterocycles. The van der Waals surface area contributed by atoms with Crippen LogP contribution in [0.5, 0.6) is 5.75 Å². The maximum atomic E-state index is 5.19. The van der Waals surface area contributed by atoms with Crippen molar-refractivity contribution < 1.29 is 4.74 Å². The quantitative estimate of drug-likeness (QED) is 0.881. The van der Waals surface area contributed by atoms with Gasteiger partial charge >= 0.3 is 0 Å². The van der Waals surface area contributed by atoms with Crippen molar-refractivity contribution in [3.8, 4) is 5.75 Å². The molecule has 2 aromatic rings. The van der Waals surface area contributed by atoms with Crippen molar-refractivity contribution in [1.82, 2.24) is 10.3 Å². The Morgan fingerprint density at radius 3 is 2.57 bits per heavy atom. The number of nitrogens with one attached hydrogen (secondary N) is 1. The van der Waals surface area contributed by atoms with E-state index in [2.05, 4.69) is 41.2 Å². The van der Waals surface area contributed by atoms with Crippen LogP contribution in [0, 0.1) is 0 Å². The molecule has 4 heteroatoms. The Labute approximate surface area is 126 Å². The Hall–Kier alpha value is -2.07. The monoisotopic (exact) mass is 285 g/mol. The average molecular weight is 285 g/mol. The lowest BCUT2D eigenvalue weighted by atomic mass is 10.1. The fourth-order valence-corrected chi connectivity index (χ4v) is 2.25. The highest BCUT2D eigenvalue weighted by molar-refractivity contribution is 5.60. The molecular weight excluding hydrogens is 262 g/mol. The van der Waals surface area contributed by atoms with E-state index in [4.69, 9.17) is 4.74 Å². The third-order valence-electron chi connectivity index (χ3n) is 3.58. The first-order valence-corrected chi connectivity index (χ1v) is 7.22. The van der Waals surface area contributed by atoms with Crippen LogP contribution in [0.3, 0.4) is 0 Å². The molecule has 0 aliphatic rings. The number of benzene rings is 1. The van der Waals surface area contributed by atoms with E-state index in [-0.39, 0.29) is 0 Å². The number of methoxy groups -OCH3 is 1. The number of hydrogen-bond acceptors (Lipinski definition) is 4. The summed E-state index contributed by atoms with van der Waals surface area (Å²) in [5.74, 6) is 1.79. The van der Waals surface area contributed by atoms with E-state index < -0.39 is 0 Å². The molecule has 0 aliphatic heterocycles. The van der Waals surface area contributed by atoms with Crippen LogP contribution in [-0.4, -0.2) is 25.7 Å². The van der Waals surface area contributed by atoms with Crippen molar-refractivity contribution in [2.24, 2.45) is 0 Å². The van der Waals surface area contributed by atoms with Crippen LogP contribution in [0.4, 0.5) is 11.5 Å². The first kappa shape index (κ1) is 15.3. The summed E-state index contributed by atoms with van der Waals surface area (Å²) in [5, 5.41) is 3.42. The highest BCUT2D eigenvalue weighted by Gasteiger charge is 2.09. The second kappa shape index (κ2) is 7.09. The zero-order valence-electron chi connectivity index (χ0n) is 13.1. The lowest BCUT2D eigenvalue weighted by Crippen LogP contribution is -2.18. The molecule has 0 bridgehead atoms. The Balaban J connectivity index is 2.21. The molecule has 1 aromatic carbocycles. The zero-order valence-corrected chi connectivity index (χ0v) is 13.1. The number of pyridine rings is 1. The molecule has 112 valence electrons. The van der Waals surface area contributed by atoms with Gasteiger partial charge in [-0.25, -0.2) is 4.98 Å². The fourth-order valence-electron chi connectivity index (χ4n) is 2.25. The van der Waals surface area contributed by atoms with Gasteiger partial charge in [-0.05, 0) is 55.4 Å². The van der Waals surface area contributed by atoms with Crippen LogP contribution in [0.1, 0.15) is 25.5 Å². The van der Waals surface area contributed by atoms with Crippen LogP contribution < -0.4 is 15.0 Å². The van der Waals surface area contributed by atoms with E-state index >= 15 is 0 Å². The Bertz CT molecular complexity index is 569. The molecule has 1 N–H and O–H groups in total. The van der Waals surface area contributed by atoms with E-state index in [1.54, 1.807) is 7.11 Å². The van der Waals surface area contributed by atoms with Crippen LogP contribution in [0.25, 0.3) is 0 Å². The molecule has 0 amide bonds. The fraction of sp³-hybridized carbons (Fsp3) is 0.353. The van der Waals surface area contributed by atoms with Gasteiger partial charge < -0.3 is 15.0 Å². The molecule has 0 saturated carbocycles. The first-order valence-electron chi connectivity index (χ1n) is 7.22. The molecule has 0 aliphatic carbocycles. The molecule has 1 heterocycles. The van der Waals surface area contributed by atoms with E-state index in [1.165, 1.54) is 5.56 Å². The predicted molar refractivity (Wildman–Crippen MR) is 87.4 cm³/mol. The Kier molecular flexibility index (Phi) is 5.17. The summed E-state index contributed by atoms with van der Waals surface area (Å²) in [6.45, 7) is 5.23. The van der Waals surface area contributed by atoms with Gasteiger partial charge in [-0.1, -0.05) is 6.92 Å². The number of nitrogens with zero attached hydrogens (tertiary/aromatic N) is 2. The van der Waals surface area contributed by atoms with Crippen molar-refractivity contribution in [1.29, 1.82) is 0 Å². The molecule has 21 heavy (non-hydrogen) atoms. The van der Waals surface area contributed by atoms with Crippen LogP contribution >= 0.6 is 0 Å². The summed E-state index contributed by atoms with van der Waals surface area (Å²) < 4.78 is 5.19. The summed E-state index contributed by atoms with van der Waals surface area (Å²) in [6.07, 6.45) is 1.86. The zero-order chi connectivity index (χ0) is 15.2. The summed E-state index contributed by atoms with van der Waals surface area (Å²) >= 11 is 0. The first-order chi connectivity index (χ1) is 10.2. The van der Waals surface area contributed by atoms with Crippen LogP contribution in [-0.2, 0) is 0 Å². The van der Waals surface area contributed by atoms with Gasteiger partial charge in [0.15, 0.2) is 0 Å². The molecule has 0 spiro atoms. The maximum Gasteiger partial charge on any atom is 0.132 e. The lowest BCUT2D eigenvalue weighted by Gasteiger charge is -2.20. The summed E-state index contributed by atoms with van der Waals surface area (Å²) in [6, 6.07) is 12.5. The predicted octanol–water partition coefficient (Wildman–Crippen LogP) is 3.53. The van der Waals surface area contributed by atoms with Crippen molar-refractivity contribution in [3.63, 3.8) is 0 Å². The SMILES string of the molecule is CCNC(C)c1ccnc(N(C)c2ccc(OC)cc2)c1. The number of hydrogen-bond donors (Lipinski definition) is 1. The number of ether oxygens (including phenoxy) is 1. The van der Waals surface area contributed by atoms with Crippen molar-refractivity contribution in [2.75, 3.05) is 25.6 Å². The number of aromatic nitrogens is 1. The minimum atomic E-state index is 0.320. The second-order valence-electron chi connectivity index (χ2n) is 4.98. The summed E-state index contributed by atoms with van der Waals surface area (Å²) in [5.41, 5.74) is 2.32. The van der Waals surface area contributed by atoms with Gasteiger partial charge in [0, 0.05) is 25.0 Å². The third-order valence-corrected chi connectivity index (χ3v) is 3.58. The van der Waals surface area contributed by atoms with E-state index in [0.717, 1.165) is 23.8 Å². The topological polar surface area (TPSA) is 37.4 Å². The molecular formula is C17H23N3O. The van der Waals surface area contributed by atoms with Gasteiger partial charge in [0.1, 0.15) is 11.6 Å². The molecule has 1 atom stereocenters. The highest BCUT2D eigenvalue weighted by Crippen LogP contribution is 2.25. The molecule has 0 radical (unpaired) electrons. The Morgan fingerprint density at radius 2 is 1.95 bits per heavy atom. The van der Waals surface area contributed by atoms with E-state index in [0.29, 0.717) is 6.04 Å². The minimum absolute atomic E-state index is 0.320. The van der Waals surface area contributed by atoms with Gasteiger partial charge in [-0.15, -0.1) is 0 Å². The second-order valence-corrected chi connectivity index (χ2v) is 4.98. The normalized spacial score (nSPS) is 12.0. The largest absolute Gasteiger partial charge is 0.497 e. The Morgan fingerprint density at radius 1 is 1.24 bits per heavy atom. The molecule has 0 fully saturated rings. The number of anilines is 2. The molecule has 4 nitrogen and oxygen atoms in total. The van der Waals surface area contributed by atoms with Crippen LogP contribution in [0.2, 0.25) is 0 Å². The van der Waals surface area contributed by atoms with Crippen molar-refractivity contribution in [2.45, 2.75) is 19.9 Å². The van der Waals surface area contributed by atoms with Gasteiger partial charge in [0.2, 0.25) is 0 Å². The third kappa shape index (κ3) is 3.73. The smallest absolute Gasteiger partial charge is 0.132 e.